The van der Waals surface area contributed by atoms with Gasteiger partial charge in [-0.2, -0.15) is 0 Å². The summed E-state index contributed by atoms with van der Waals surface area (Å²) >= 11 is 5.41. The number of fused-ring (bicyclic) bond motifs is 1. The third-order valence-corrected chi connectivity index (χ3v) is 14.9. The van der Waals surface area contributed by atoms with Gasteiger partial charge >= 0.3 is 6.09 Å². The molecule has 4 rings (SSSR count). The fourth-order valence-electron chi connectivity index (χ4n) is 4.90. The van der Waals surface area contributed by atoms with Gasteiger partial charge in [0, 0.05) is 63.7 Å². The highest BCUT2D eigenvalue weighted by Gasteiger charge is 2.47. The Morgan fingerprint density at radius 1 is 1.15 bits per heavy atom. The van der Waals surface area contributed by atoms with Crippen molar-refractivity contribution in [3.05, 3.63) is 39.2 Å². The zero-order chi connectivity index (χ0) is 29.5. The molecule has 1 atom stereocenters. The van der Waals surface area contributed by atoms with E-state index in [0.29, 0.717) is 19.0 Å². The molecule has 2 heterocycles. The first-order valence-corrected chi connectivity index (χ1v) is 19.2. The minimum atomic E-state index is -1.86. The van der Waals surface area contributed by atoms with E-state index in [1.165, 1.54) is 0 Å². The normalized spacial score (nSPS) is 19.6. The van der Waals surface area contributed by atoms with E-state index in [-0.39, 0.29) is 22.1 Å². The van der Waals surface area contributed by atoms with Crippen LogP contribution >= 0.6 is 27.7 Å². The van der Waals surface area contributed by atoms with Crippen LogP contribution in [0.4, 0.5) is 4.79 Å². The predicted octanol–water partition coefficient (Wildman–Crippen LogP) is 8.31. The van der Waals surface area contributed by atoms with Crippen molar-refractivity contribution in [3.8, 4) is 0 Å². The number of aromatic nitrogens is 1. The van der Waals surface area contributed by atoms with Crippen LogP contribution in [0.3, 0.4) is 0 Å². The van der Waals surface area contributed by atoms with Crippen molar-refractivity contribution in [2.45, 2.75) is 102 Å². The highest BCUT2D eigenvalue weighted by molar-refractivity contribution is 9.10. The van der Waals surface area contributed by atoms with Crippen LogP contribution in [-0.4, -0.2) is 54.9 Å². The highest BCUT2D eigenvalue weighted by Crippen LogP contribution is 2.49. The molecule has 2 fully saturated rings. The minimum Gasteiger partial charge on any atom is -0.444 e. The van der Waals surface area contributed by atoms with Crippen LogP contribution < -0.4 is 5.56 Å². The monoisotopic (exact) mass is 650 g/mol. The van der Waals surface area contributed by atoms with Crippen LogP contribution in [0.5, 0.6) is 0 Å². The second kappa shape index (κ2) is 11.8. The summed E-state index contributed by atoms with van der Waals surface area (Å²) in [6.45, 7) is 20.0. The first-order valence-electron chi connectivity index (χ1n) is 14.6. The molecule has 1 saturated carbocycles. The number of nitrogens with zero attached hydrogens (tertiary/aromatic N) is 2. The van der Waals surface area contributed by atoms with E-state index in [1.807, 2.05) is 42.4 Å². The second-order valence-corrected chi connectivity index (χ2v) is 21.2. The van der Waals surface area contributed by atoms with Gasteiger partial charge < -0.3 is 18.6 Å². The van der Waals surface area contributed by atoms with Gasteiger partial charge in [-0.25, -0.2) is 4.79 Å². The molecule has 0 spiro atoms. The van der Waals surface area contributed by atoms with E-state index in [2.05, 4.69) is 62.1 Å². The summed E-state index contributed by atoms with van der Waals surface area (Å²) in [6.07, 6.45) is 6.10. The molecule has 0 unspecified atom stereocenters. The van der Waals surface area contributed by atoms with E-state index < -0.39 is 13.9 Å². The molecule has 0 bridgehead atoms. The number of amides is 1. The lowest BCUT2D eigenvalue weighted by atomic mass is 10.0. The topological polar surface area (TPSA) is 60.8 Å². The molecule has 1 aliphatic heterocycles. The number of pyridine rings is 1. The molecule has 1 aromatic heterocycles. The second-order valence-electron chi connectivity index (χ2n) is 14.4. The maximum atomic E-state index is 13.6. The van der Waals surface area contributed by atoms with Gasteiger partial charge in [0.05, 0.1) is 0 Å². The average Bonchev–Trinajstić information content (AvgIpc) is 3.62. The molecule has 1 saturated heterocycles. The number of benzene rings is 1. The molecule has 0 radical (unpaired) electrons. The molecule has 0 N–H and O–H groups in total. The quantitative estimate of drug-likeness (QED) is 0.212. The number of thioether (sulfide) groups is 1. The smallest absolute Gasteiger partial charge is 0.410 e. The van der Waals surface area contributed by atoms with Crippen LogP contribution in [0.25, 0.3) is 10.8 Å². The SMILES string of the molecule is CC(C)(C)OC(=O)N1CCC[C@H](CSc2cn(CC3(CO[Si](C)(C)C(C)(C)C)CC3)c(=O)c3ccc(Br)cc23)C1. The Balaban J connectivity index is 1.52. The lowest BCUT2D eigenvalue weighted by Gasteiger charge is -2.37. The summed E-state index contributed by atoms with van der Waals surface area (Å²) in [6, 6.07) is 5.96. The van der Waals surface area contributed by atoms with Gasteiger partial charge in [-0.05, 0) is 88.7 Å². The maximum absolute atomic E-state index is 13.6. The van der Waals surface area contributed by atoms with E-state index in [0.717, 1.165) is 64.7 Å². The molecular formula is C31H47BrN2O4SSi. The largest absolute Gasteiger partial charge is 0.444 e. The van der Waals surface area contributed by atoms with Crippen molar-refractivity contribution in [3.63, 3.8) is 0 Å². The number of carbonyl (C=O) groups is 1. The Hall–Kier alpha value is -1.29. The van der Waals surface area contributed by atoms with Crippen molar-refractivity contribution in [1.82, 2.24) is 9.47 Å². The van der Waals surface area contributed by atoms with E-state index >= 15 is 0 Å². The molecule has 2 aliphatic rings. The van der Waals surface area contributed by atoms with Gasteiger partial charge in [-0.1, -0.05) is 36.7 Å². The van der Waals surface area contributed by atoms with Gasteiger partial charge in [0.1, 0.15) is 5.60 Å². The number of piperidine rings is 1. The predicted molar refractivity (Wildman–Crippen MR) is 172 cm³/mol. The van der Waals surface area contributed by atoms with E-state index in [4.69, 9.17) is 9.16 Å². The van der Waals surface area contributed by atoms with Crippen molar-refractivity contribution >= 4 is 52.9 Å². The summed E-state index contributed by atoms with van der Waals surface area (Å²) in [5, 5.41) is 1.91. The number of rotatable bonds is 8. The Morgan fingerprint density at radius 3 is 2.48 bits per heavy atom. The van der Waals surface area contributed by atoms with Crippen LogP contribution in [0.1, 0.15) is 67.2 Å². The first kappa shape index (κ1) is 31.6. The third kappa shape index (κ3) is 7.75. The molecule has 2 aromatic rings. The standard InChI is InChI=1S/C31H47BrN2O4SSi/c1-29(2,3)38-28(36)33-15-9-10-22(17-33)19-39-26-18-34(27(35)24-12-11-23(32)16-25(24)26)20-31(13-14-31)21-37-40(7,8)30(4,5)6/h11-12,16,18,22H,9-10,13-15,17,19-21H2,1-8H3/t22-/m0/s1. The van der Waals surface area contributed by atoms with E-state index in [9.17, 15) is 9.59 Å². The number of halogens is 1. The Labute approximate surface area is 253 Å². The third-order valence-electron chi connectivity index (χ3n) is 8.66. The number of hydrogen-bond donors (Lipinski definition) is 0. The summed E-state index contributed by atoms with van der Waals surface area (Å²) in [5.74, 6) is 1.26. The minimum absolute atomic E-state index is 0.0433. The molecule has 40 heavy (non-hydrogen) atoms. The number of likely N-dealkylation sites (tertiary alicyclic amines) is 1. The number of carbonyl (C=O) groups excluding carboxylic acids is 1. The van der Waals surface area contributed by atoms with Gasteiger partial charge in [0.15, 0.2) is 8.32 Å². The summed E-state index contributed by atoms with van der Waals surface area (Å²) in [4.78, 5) is 29.3. The molecule has 1 aromatic carbocycles. The summed E-state index contributed by atoms with van der Waals surface area (Å²) < 4.78 is 15.2. The van der Waals surface area contributed by atoms with Crippen LogP contribution in [0, 0.1) is 11.3 Å². The highest BCUT2D eigenvalue weighted by atomic mass is 79.9. The Kier molecular flexibility index (Phi) is 9.31. The zero-order valence-electron chi connectivity index (χ0n) is 25.6. The van der Waals surface area contributed by atoms with Crippen molar-refractivity contribution < 1.29 is 14.0 Å². The number of ether oxygens (including phenoxy) is 1. The number of hydrogen-bond acceptors (Lipinski definition) is 5. The first-order chi connectivity index (χ1) is 18.5. The van der Waals surface area contributed by atoms with Gasteiger partial charge in [0.2, 0.25) is 0 Å². The van der Waals surface area contributed by atoms with Gasteiger partial charge in [0.25, 0.3) is 5.56 Å². The molecular weight excluding hydrogens is 604 g/mol. The molecule has 9 heteroatoms. The fourth-order valence-corrected chi connectivity index (χ4v) is 7.58. The molecule has 1 amide bonds. The zero-order valence-corrected chi connectivity index (χ0v) is 29.0. The maximum Gasteiger partial charge on any atom is 0.410 e. The molecule has 1 aliphatic carbocycles. The van der Waals surface area contributed by atoms with Crippen LogP contribution in [0.2, 0.25) is 18.1 Å². The summed E-state index contributed by atoms with van der Waals surface area (Å²) in [5.41, 5.74) is -0.381. The lowest BCUT2D eigenvalue weighted by Crippen LogP contribution is -2.43. The van der Waals surface area contributed by atoms with Crippen LogP contribution in [0.15, 0.2) is 38.6 Å². The van der Waals surface area contributed by atoms with E-state index in [1.54, 1.807) is 11.8 Å². The molecule has 222 valence electrons. The lowest BCUT2D eigenvalue weighted by molar-refractivity contribution is 0.0177. The fraction of sp³-hybridized carbons (Fsp3) is 0.677. The average molecular weight is 652 g/mol. The van der Waals surface area contributed by atoms with Gasteiger partial charge in [-0.3, -0.25) is 4.79 Å². The van der Waals surface area contributed by atoms with Crippen molar-refractivity contribution in [2.75, 3.05) is 25.4 Å². The summed E-state index contributed by atoms with van der Waals surface area (Å²) in [7, 11) is -1.86. The van der Waals surface area contributed by atoms with Gasteiger partial charge in [-0.15, -0.1) is 11.8 Å². The van der Waals surface area contributed by atoms with Crippen molar-refractivity contribution in [1.29, 1.82) is 0 Å². The van der Waals surface area contributed by atoms with Crippen molar-refractivity contribution in [2.24, 2.45) is 11.3 Å². The Bertz CT molecular complexity index is 1290. The molecule has 6 nitrogen and oxygen atoms in total. The Morgan fingerprint density at radius 2 is 1.85 bits per heavy atom. The van der Waals surface area contributed by atoms with Crippen LogP contribution in [-0.2, 0) is 15.7 Å².